The number of ether oxygens (including phenoxy) is 1. The van der Waals surface area contributed by atoms with Gasteiger partial charge in [-0.05, 0) is 19.8 Å². The Morgan fingerprint density at radius 2 is 2.16 bits per heavy atom. The van der Waals surface area contributed by atoms with E-state index < -0.39 is 0 Å². The molecule has 0 bridgehead atoms. The molecule has 0 unspecified atom stereocenters. The minimum atomic E-state index is 0.199. The summed E-state index contributed by atoms with van der Waals surface area (Å²) in [6, 6.07) is 1.77. The van der Waals surface area contributed by atoms with Gasteiger partial charge >= 0.3 is 0 Å². The van der Waals surface area contributed by atoms with E-state index in [0.29, 0.717) is 24.3 Å². The van der Waals surface area contributed by atoms with E-state index in [0.717, 1.165) is 6.54 Å². The number of hydrogen-bond acceptors (Lipinski definition) is 4. The smallest absolute Gasteiger partial charge is 0.225 e. The predicted molar refractivity (Wildman–Crippen MR) is 77.9 cm³/mol. The Hall–Kier alpha value is -1.03. The van der Waals surface area contributed by atoms with Crippen LogP contribution in [0, 0.1) is 5.41 Å². The summed E-state index contributed by atoms with van der Waals surface area (Å²) >= 11 is 6.18. The molecule has 1 fully saturated rings. The van der Waals surface area contributed by atoms with Gasteiger partial charge in [0.1, 0.15) is 0 Å². The lowest BCUT2D eigenvalue weighted by Gasteiger charge is -2.35. The van der Waals surface area contributed by atoms with Crippen molar-refractivity contribution in [2.24, 2.45) is 5.41 Å². The highest BCUT2D eigenvalue weighted by Crippen LogP contribution is 2.37. The van der Waals surface area contributed by atoms with E-state index in [1.54, 1.807) is 12.3 Å². The second-order valence-electron chi connectivity index (χ2n) is 5.20. The molecule has 0 spiro atoms. The topological polar surface area (TPSA) is 47.0 Å². The number of nitrogens with one attached hydrogen (secondary N) is 1. The Morgan fingerprint density at radius 3 is 2.84 bits per heavy atom. The van der Waals surface area contributed by atoms with Gasteiger partial charge < -0.3 is 10.1 Å². The number of halogens is 1. The third kappa shape index (κ3) is 3.96. The highest BCUT2D eigenvalue weighted by Gasteiger charge is 2.31. The Kier molecular flexibility index (Phi) is 5.25. The molecule has 1 N–H and O–H groups in total. The lowest BCUT2D eigenvalue weighted by atomic mass is 9.75. The molecule has 0 aromatic carbocycles. The number of nitrogens with zero attached hydrogens (tertiary/aromatic N) is 2. The second-order valence-corrected chi connectivity index (χ2v) is 5.47. The molecule has 19 heavy (non-hydrogen) atoms. The molecule has 2 rings (SSSR count). The fourth-order valence-corrected chi connectivity index (χ4v) is 2.94. The van der Waals surface area contributed by atoms with Gasteiger partial charge in [-0.2, -0.15) is 4.98 Å². The van der Waals surface area contributed by atoms with E-state index in [4.69, 9.17) is 16.3 Å². The zero-order valence-corrected chi connectivity index (χ0v) is 12.2. The first-order valence-electron chi connectivity index (χ1n) is 7.04. The number of rotatable bonds is 6. The van der Waals surface area contributed by atoms with Crippen LogP contribution in [0.25, 0.3) is 0 Å². The normalized spacial score (nSPS) is 18.0. The van der Waals surface area contributed by atoms with Crippen LogP contribution < -0.4 is 10.1 Å². The maximum absolute atomic E-state index is 6.18. The molecule has 0 radical (unpaired) electrons. The van der Waals surface area contributed by atoms with Crippen LogP contribution in [-0.2, 0) is 0 Å². The molecular weight excluding hydrogens is 262 g/mol. The van der Waals surface area contributed by atoms with Crippen molar-refractivity contribution in [3.05, 3.63) is 12.3 Å². The summed E-state index contributed by atoms with van der Waals surface area (Å²) in [7, 11) is 0. The summed E-state index contributed by atoms with van der Waals surface area (Å²) < 4.78 is 5.37. The molecule has 1 aliphatic rings. The summed E-state index contributed by atoms with van der Waals surface area (Å²) in [5.74, 6) is 1.94. The maximum atomic E-state index is 6.18. The van der Waals surface area contributed by atoms with Crippen LogP contribution in [0.3, 0.4) is 0 Å². The molecule has 1 aromatic heterocycles. The van der Waals surface area contributed by atoms with Crippen molar-refractivity contribution in [1.29, 1.82) is 0 Å². The van der Waals surface area contributed by atoms with Gasteiger partial charge in [0.25, 0.3) is 0 Å². The summed E-state index contributed by atoms with van der Waals surface area (Å²) in [4.78, 5) is 8.55. The third-order valence-corrected chi connectivity index (χ3v) is 4.31. The van der Waals surface area contributed by atoms with Gasteiger partial charge in [0.05, 0.1) is 6.61 Å². The largest absolute Gasteiger partial charge is 0.478 e. The van der Waals surface area contributed by atoms with Crippen molar-refractivity contribution >= 4 is 17.5 Å². The summed E-state index contributed by atoms with van der Waals surface area (Å²) in [5.41, 5.74) is 0.199. The first-order valence-corrected chi connectivity index (χ1v) is 7.57. The van der Waals surface area contributed by atoms with Crippen LogP contribution >= 0.6 is 11.6 Å². The minimum absolute atomic E-state index is 0.199. The predicted octanol–water partition coefficient (Wildman–Crippen LogP) is 3.48. The third-order valence-electron chi connectivity index (χ3n) is 3.74. The van der Waals surface area contributed by atoms with Crippen LogP contribution in [0.4, 0.5) is 5.95 Å². The highest BCUT2D eigenvalue weighted by atomic mass is 35.5. The van der Waals surface area contributed by atoms with Gasteiger partial charge in [0.15, 0.2) is 0 Å². The standard InChI is InChI=1S/C14H22ClN3O/c1-2-19-12-6-9-16-13(18-12)17-11-14(10-15)7-4-3-5-8-14/h6,9H,2-5,7-8,10-11H2,1H3,(H,16,17,18). The molecular formula is C14H22ClN3O. The maximum Gasteiger partial charge on any atom is 0.225 e. The first-order chi connectivity index (χ1) is 9.28. The van der Waals surface area contributed by atoms with Gasteiger partial charge in [-0.3, -0.25) is 0 Å². The molecule has 0 amide bonds. The zero-order valence-electron chi connectivity index (χ0n) is 11.5. The van der Waals surface area contributed by atoms with Gasteiger partial charge in [-0.15, -0.1) is 11.6 Å². The zero-order chi connectivity index (χ0) is 13.6. The average Bonchev–Trinajstić information content (AvgIpc) is 2.47. The Balaban J connectivity index is 1.94. The molecule has 5 heteroatoms. The summed E-state index contributed by atoms with van der Waals surface area (Å²) in [6.07, 6.45) is 7.97. The van der Waals surface area contributed by atoms with E-state index in [9.17, 15) is 0 Å². The van der Waals surface area contributed by atoms with Crippen LogP contribution in [0.15, 0.2) is 12.3 Å². The molecule has 1 aromatic rings. The average molecular weight is 284 g/mol. The number of anilines is 1. The van der Waals surface area contributed by atoms with Crippen molar-refractivity contribution in [1.82, 2.24) is 9.97 Å². The fourth-order valence-electron chi connectivity index (χ4n) is 2.58. The van der Waals surface area contributed by atoms with Crippen molar-refractivity contribution < 1.29 is 4.74 Å². The van der Waals surface area contributed by atoms with Gasteiger partial charge in [0.2, 0.25) is 11.8 Å². The van der Waals surface area contributed by atoms with Gasteiger partial charge in [0, 0.05) is 30.1 Å². The number of alkyl halides is 1. The Bertz CT molecular complexity index is 394. The molecule has 1 aliphatic carbocycles. The molecule has 106 valence electrons. The second kappa shape index (κ2) is 6.94. The first kappa shape index (κ1) is 14.4. The van der Waals surface area contributed by atoms with E-state index in [-0.39, 0.29) is 5.41 Å². The van der Waals surface area contributed by atoms with E-state index in [2.05, 4.69) is 15.3 Å². The molecule has 1 heterocycles. The number of hydrogen-bond donors (Lipinski definition) is 1. The van der Waals surface area contributed by atoms with Gasteiger partial charge in [-0.1, -0.05) is 19.3 Å². The quantitative estimate of drug-likeness (QED) is 0.812. The van der Waals surface area contributed by atoms with Crippen molar-refractivity contribution in [3.8, 4) is 5.88 Å². The van der Waals surface area contributed by atoms with Crippen molar-refractivity contribution in [3.63, 3.8) is 0 Å². The van der Waals surface area contributed by atoms with Crippen molar-refractivity contribution in [2.75, 3.05) is 24.3 Å². The fraction of sp³-hybridized carbons (Fsp3) is 0.714. The minimum Gasteiger partial charge on any atom is -0.478 e. The Morgan fingerprint density at radius 1 is 1.37 bits per heavy atom. The van der Waals surface area contributed by atoms with Crippen LogP contribution in [-0.4, -0.2) is 29.0 Å². The Labute approximate surface area is 119 Å². The van der Waals surface area contributed by atoms with E-state index in [1.165, 1.54) is 32.1 Å². The lowest BCUT2D eigenvalue weighted by molar-refractivity contribution is 0.237. The molecule has 0 saturated heterocycles. The monoisotopic (exact) mass is 283 g/mol. The highest BCUT2D eigenvalue weighted by molar-refractivity contribution is 6.18. The van der Waals surface area contributed by atoms with Gasteiger partial charge in [-0.25, -0.2) is 4.98 Å². The molecule has 1 saturated carbocycles. The molecule has 0 atom stereocenters. The summed E-state index contributed by atoms with van der Waals surface area (Å²) in [6.45, 7) is 3.40. The summed E-state index contributed by atoms with van der Waals surface area (Å²) in [5, 5.41) is 3.32. The lowest BCUT2D eigenvalue weighted by Crippen LogP contribution is -2.34. The SMILES string of the molecule is CCOc1ccnc(NCC2(CCl)CCCCC2)n1. The van der Waals surface area contributed by atoms with Crippen molar-refractivity contribution in [2.45, 2.75) is 39.0 Å². The van der Waals surface area contributed by atoms with E-state index in [1.807, 2.05) is 6.92 Å². The van der Waals surface area contributed by atoms with E-state index >= 15 is 0 Å². The van der Waals surface area contributed by atoms with Crippen LogP contribution in [0.1, 0.15) is 39.0 Å². The van der Waals surface area contributed by atoms with Crippen LogP contribution in [0.2, 0.25) is 0 Å². The molecule has 4 nitrogen and oxygen atoms in total. The number of aromatic nitrogens is 2. The molecule has 0 aliphatic heterocycles. The van der Waals surface area contributed by atoms with Crippen LogP contribution in [0.5, 0.6) is 5.88 Å².